The summed E-state index contributed by atoms with van der Waals surface area (Å²) in [5.41, 5.74) is 0.319. The zero-order valence-corrected chi connectivity index (χ0v) is 12.7. The van der Waals surface area contributed by atoms with Crippen molar-refractivity contribution in [2.24, 2.45) is 0 Å². The first-order chi connectivity index (χ1) is 9.97. The quantitative estimate of drug-likeness (QED) is 0.600. The topological polar surface area (TPSA) is 41.1 Å². The van der Waals surface area contributed by atoms with Crippen LogP contribution in [0.4, 0.5) is 24.5 Å². The SMILES string of the molecule is O=C(CNc1ccc(I)cc1)Nc1ccc(F)c(F)c1F. The number of halogens is 4. The molecule has 0 fully saturated rings. The molecule has 1 amide bonds. The van der Waals surface area contributed by atoms with Gasteiger partial charge in [0.2, 0.25) is 5.91 Å². The van der Waals surface area contributed by atoms with E-state index >= 15 is 0 Å². The lowest BCUT2D eigenvalue weighted by Crippen LogP contribution is -2.22. The maximum absolute atomic E-state index is 13.4. The van der Waals surface area contributed by atoms with Crippen LogP contribution in [0.1, 0.15) is 0 Å². The van der Waals surface area contributed by atoms with E-state index in [2.05, 4.69) is 33.2 Å². The highest BCUT2D eigenvalue weighted by Gasteiger charge is 2.14. The second kappa shape index (κ2) is 6.79. The summed E-state index contributed by atoms with van der Waals surface area (Å²) in [6.07, 6.45) is 0. The van der Waals surface area contributed by atoms with Gasteiger partial charge in [0.1, 0.15) is 0 Å². The first-order valence-electron chi connectivity index (χ1n) is 5.90. The molecule has 2 N–H and O–H groups in total. The monoisotopic (exact) mass is 406 g/mol. The smallest absolute Gasteiger partial charge is 0.243 e. The number of amides is 1. The number of anilines is 2. The van der Waals surface area contributed by atoms with Crippen LogP contribution in [0, 0.1) is 21.0 Å². The Morgan fingerprint density at radius 2 is 1.67 bits per heavy atom. The summed E-state index contributed by atoms with van der Waals surface area (Å²) in [6.45, 7) is -0.126. The minimum absolute atomic E-state index is 0.126. The van der Waals surface area contributed by atoms with Crippen LogP contribution in [0.5, 0.6) is 0 Å². The molecule has 3 nitrogen and oxygen atoms in total. The molecule has 0 heterocycles. The molecule has 110 valence electrons. The average molecular weight is 406 g/mol. The van der Waals surface area contributed by atoms with Crippen LogP contribution in [-0.2, 0) is 4.79 Å². The predicted molar refractivity (Wildman–Crippen MR) is 82.6 cm³/mol. The molecule has 7 heteroatoms. The van der Waals surface area contributed by atoms with Crippen molar-refractivity contribution in [3.8, 4) is 0 Å². The fourth-order valence-corrected chi connectivity index (χ4v) is 1.93. The van der Waals surface area contributed by atoms with Crippen LogP contribution in [0.25, 0.3) is 0 Å². The van der Waals surface area contributed by atoms with Gasteiger partial charge in [0.25, 0.3) is 0 Å². The van der Waals surface area contributed by atoms with Gasteiger partial charge in [-0.25, -0.2) is 13.2 Å². The van der Waals surface area contributed by atoms with Crippen molar-refractivity contribution in [2.45, 2.75) is 0 Å². The molecule has 0 unspecified atom stereocenters. The Labute approximate surface area is 132 Å². The predicted octanol–water partition coefficient (Wildman–Crippen LogP) is 3.76. The summed E-state index contributed by atoms with van der Waals surface area (Å²) in [6, 6.07) is 9.00. The van der Waals surface area contributed by atoms with Gasteiger partial charge < -0.3 is 10.6 Å². The second-order valence-corrected chi connectivity index (χ2v) is 5.38. The zero-order chi connectivity index (χ0) is 15.4. The normalized spacial score (nSPS) is 10.3. The lowest BCUT2D eigenvalue weighted by Gasteiger charge is -2.09. The van der Waals surface area contributed by atoms with Crippen LogP contribution in [0.3, 0.4) is 0 Å². The van der Waals surface area contributed by atoms with E-state index in [1.54, 1.807) is 12.1 Å². The van der Waals surface area contributed by atoms with Gasteiger partial charge in [-0.15, -0.1) is 0 Å². The third-order valence-electron chi connectivity index (χ3n) is 2.61. The molecule has 0 radical (unpaired) electrons. The molecule has 0 aromatic heterocycles. The van der Waals surface area contributed by atoms with Crippen LogP contribution >= 0.6 is 22.6 Å². The summed E-state index contributed by atoms with van der Waals surface area (Å²) in [5.74, 6) is -4.91. The zero-order valence-electron chi connectivity index (χ0n) is 10.6. The highest BCUT2D eigenvalue weighted by Crippen LogP contribution is 2.19. The van der Waals surface area contributed by atoms with E-state index < -0.39 is 29.0 Å². The van der Waals surface area contributed by atoms with Crippen LogP contribution in [0.2, 0.25) is 0 Å². The molecule has 0 aliphatic carbocycles. The Morgan fingerprint density at radius 1 is 1.00 bits per heavy atom. The van der Waals surface area contributed by atoms with Crippen molar-refractivity contribution in [1.29, 1.82) is 0 Å². The number of benzene rings is 2. The molecule has 0 bridgehead atoms. The fourth-order valence-electron chi connectivity index (χ4n) is 1.57. The van der Waals surface area contributed by atoms with Crippen molar-refractivity contribution < 1.29 is 18.0 Å². The van der Waals surface area contributed by atoms with E-state index in [1.807, 2.05) is 12.1 Å². The Morgan fingerprint density at radius 3 is 2.33 bits per heavy atom. The molecule has 0 atom stereocenters. The van der Waals surface area contributed by atoms with E-state index in [9.17, 15) is 18.0 Å². The van der Waals surface area contributed by atoms with E-state index in [-0.39, 0.29) is 6.54 Å². The largest absolute Gasteiger partial charge is 0.376 e. The minimum atomic E-state index is -1.61. The molecule has 0 saturated carbocycles. The van der Waals surface area contributed by atoms with Crippen LogP contribution in [0.15, 0.2) is 36.4 Å². The first-order valence-corrected chi connectivity index (χ1v) is 6.98. The fraction of sp³-hybridized carbons (Fsp3) is 0.0714. The molecular formula is C14H10F3IN2O. The summed E-state index contributed by atoms with van der Waals surface area (Å²) >= 11 is 2.15. The van der Waals surface area contributed by atoms with Gasteiger partial charge >= 0.3 is 0 Å². The molecule has 0 spiro atoms. The number of hydrogen-bond donors (Lipinski definition) is 2. The van der Waals surface area contributed by atoms with E-state index in [0.29, 0.717) is 0 Å². The first kappa shape index (κ1) is 15.6. The maximum Gasteiger partial charge on any atom is 0.243 e. The van der Waals surface area contributed by atoms with Gasteiger partial charge in [-0.05, 0) is 59.0 Å². The Kier molecular flexibility index (Phi) is 5.05. The average Bonchev–Trinajstić information content (AvgIpc) is 2.47. The third-order valence-corrected chi connectivity index (χ3v) is 3.33. The molecule has 0 aliphatic heterocycles. The lowest BCUT2D eigenvalue weighted by atomic mass is 10.2. The molecule has 2 aromatic carbocycles. The number of rotatable bonds is 4. The van der Waals surface area contributed by atoms with Crippen molar-refractivity contribution in [3.63, 3.8) is 0 Å². The minimum Gasteiger partial charge on any atom is -0.376 e. The highest BCUT2D eigenvalue weighted by atomic mass is 127. The van der Waals surface area contributed by atoms with Crippen LogP contribution < -0.4 is 10.6 Å². The highest BCUT2D eigenvalue weighted by molar-refractivity contribution is 14.1. The van der Waals surface area contributed by atoms with E-state index in [1.165, 1.54) is 0 Å². The van der Waals surface area contributed by atoms with Gasteiger partial charge in [0.15, 0.2) is 17.5 Å². The van der Waals surface area contributed by atoms with Crippen molar-refractivity contribution >= 4 is 39.9 Å². The number of nitrogens with one attached hydrogen (secondary N) is 2. The summed E-state index contributed by atoms with van der Waals surface area (Å²) in [5, 5.41) is 5.01. The molecule has 21 heavy (non-hydrogen) atoms. The molecular weight excluding hydrogens is 396 g/mol. The third kappa shape index (κ3) is 4.10. The Balaban J connectivity index is 1.96. The lowest BCUT2D eigenvalue weighted by molar-refractivity contribution is -0.114. The van der Waals surface area contributed by atoms with Crippen molar-refractivity contribution in [3.05, 3.63) is 57.4 Å². The van der Waals surface area contributed by atoms with Gasteiger partial charge in [-0.2, -0.15) is 0 Å². The van der Waals surface area contributed by atoms with Gasteiger partial charge in [0.05, 0.1) is 12.2 Å². The maximum atomic E-state index is 13.4. The van der Waals surface area contributed by atoms with E-state index in [4.69, 9.17) is 0 Å². The Bertz CT molecular complexity index is 662. The number of carbonyl (C=O) groups is 1. The number of carbonyl (C=O) groups excluding carboxylic acids is 1. The Hall–Kier alpha value is -1.77. The van der Waals surface area contributed by atoms with Gasteiger partial charge in [-0.3, -0.25) is 4.79 Å². The number of hydrogen-bond acceptors (Lipinski definition) is 2. The molecule has 2 rings (SSSR count). The summed E-state index contributed by atoms with van der Waals surface area (Å²) in [7, 11) is 0. The summed E-state index contributed by atoms with van der Waals surface area (Å²) < 4.78 is 40.2. The molecule has 2 aromatic rings. The summed E-state index contributed by atoms with van der Waals surface area (Å²) in [4.78, 5) is 11.6. The van der Waals surface area contributed by atoms with Gasteiger partial charge in [-0.1, -0.05) is 0 Å². The van der Waals surface area contributed by atoms with E-state index in [0.717, 1.165) is 21.4 Å². The van der Waals surface area contributed by atoms with Crippen molar-refractivity contribution in [1.82, 2.24) is 0 Å². The standard InChI is InChI=1S/C14H10F3IN2O/c15-10-5-6-11(14(17)13(10)16)20-12(21)7-19-9-3-1-8(18)2-4-9/h1-6,19H,7H2,(H,20,21). The van der Waals surface area contributed by atoms with Gasteiger partial charge in [0, 0.05) is 9.26 Å². The molecule has 0 saturated heterocycles. The molecule has 0 aliphatic rings. The van der Waals surface area contributed by atoms with Crippen molar-refractivity contribution in [2.75, 3.05) is 17.2 Å². The second-order valence-electron chi connectivity index (χ2n) is 4.13. The van der Waals surface area contributed by atoms with Crippen LogP contribution in [-0.4, -0.2) is 12.5 Å².